The Bertz CT molecular complexity index is 783. The summed E-state index contributed by atoms with van der Waals surface area (Å²) in [7, 11) is 0. The Kier molecular flexibility index (Phi) is 5.86. The number of aromatic nitrogens is 1. The molecule has 0 saturated carbocycles. The predicted octanol–water partition coefficient (Wildman–Crippen LogP) is 3.28. The number of rotatable bonds is 5. The molecule has 128 valence electrons. The monoisotopic (exact) mass is 348 g/mol. The maximum atomic E-state index is 11.8. The van der Waals surface area contributed by atoms with Crippen molar-refractivity contribution < 1.29 is 14.6 Å². The maximum Gasteiger partial charge on any atom is 0.326 e. The first-order valence-electron chi connectivity index (χ1n) is 7.62. The van der Waals surface area contributed by atoms with Crippen molar-refractivity contribution in [3.8, 4) is 5.88 Å². The summed E-state index contributed by atoms with van der Waals surface area (Å²) in [6.07, 6.45) is 0. The SMILES string of the molecule is CCOC(=O)Cn1c(O)c(N=NC(=S)NC(C)C)c2ccccc21. The van der Waals surface area contributed by atoms with Crippen LogP contribution in [0.5, 0.6) is 5.88 Å². The molecule has 0 amide bonds. The number of aromatic hydroxyl groups is 1. The maximum absolute atomic E-state index is 11.8. The second kappa shape index (κ2) is 7.87. The third-order valence-electron chi connectivity index (χ3n) is 3.16. The van der Waals surface area contributed by atoms with E-state index in [1.54, 1.807) is 19.1 Å². The summed E-state index contributed by atoms with van der Waals surface area (Å²) in [6, 6.07) is 7.35. The highest BCUT2D eigenvalue weighted by Crippen LogP contribution is 2.38. The number of azo groups is 1. The van der Waals surface area contributed by atoms with Gasteiger partial charge in [0.05, 0.1) is 12.1 Å². The molecule has 2 rings (SSSR count). The molecule has 0 aliphatic rings. The summed E-state index contributed by atoms with van der Waals surface area (Å²) in [4.78, 5) is 11.8. The number of nitrogens with zero attached hydrogens (tertiary/aromatic N) is 3. The Morgan fingerprint density at radius 3 is 2.79 bits per heavy atom. The topological polar surface area (TPSA) is 88.2 Å². The van der Waals surface area contributed by atoms with Gasteiger partial charge >= 0.3 is 5.97 Å². The van der Waals surface area contributed by atoms with Crippen LogP contribution in [0.2, 0.25) is 0 Å². The van der Waals surface area contributed by atoms with Crippen molar-refractivity contribution in [1.29, 1.82) is 0 Å². The number of carbonyl (C=O) groups is 1. The first-order chi connectivity index (χ1) is 11.4. The molecule has 2 N–H and O–H groups in total. The predicted molar refractivity (Wildman–Crippen MR) is 95.6 cm³/mol. The number of carbonyl (C=O) groups excluding carboxylic acids is 1. The molecule has 0 aliphatic heterocycles. The molecule has 0 spiro atoms. The summed E-state index contributed by atoms with van der Waals surface area (Å²) in [5.41, 5.74) is 0.933. The van der Waals surface area contributed by atoms with E-state index in [9.17, 15) is 9.90 Å². The molecule has 1 aromatic heterocycles. The fourth-order valence-corrected chi connectivity index (χ4v) is 2.51. The standard InChI is InChI=1S/C16H20N4O3S/c1-4-23-13(21)9-20-12-8-6-5-7-11(12)14(15(20)22)18-19-16(24)17-10(2)3/h5-8,10,22H,4,9H2,1-3H3,(H,17,24). The van der Waals surface area contributed by atoms with Gasteiger partial charge in [0.15, 0.2) is 5.69 Å². The van der Waals surface area contributed by atoms with Gasteiger partial charge in [0.2, 0.25) is 11.0 Å². The van der Waals surface area contributed by atoms with Crippen molar-refractivity contribution in [2.45, 2.75) is 33.4 Å². The molecule has 0 bridgehead atoms. The summed E-state index contributed by atoms with van der Waals surface area (Å²) < 4.78 is 6.39. The second-order valence-electron chi connectivity index (χ2n) is 5.38. The minimum Gasteiger partial charge on any atom is -0.493 e. The fraction of sp³-hybridized carbons (Fsp3) is 0.375. The van der Waals surface area contributed by atoms with E-state index in [1.807, 2.05) is 26.0 Å². The highest BCUT2D eigenvalue weighted by Gasteiger charge is 2.18. The summed E-state index contributed by atoms with van der Waals surface area (Å²) >= 11 is 5.07. The van der Waals surface area contributed by atoms with Crippen LogP contribution in [0.4, 0.5) is 5.69 Å². The zero-order valence-corrected chi connectivity index (χ0v) is 14.6. The van der Waals surface area contributed by atoms with E-state index in [-0.39, 0.29) is 35.9 Å². The zero-order valence-electron chi connectivity index (χ0n) is 13.8. The molecule has 0 radical (unpaired) electrons. The number of para-hydroxylation sites is 1. The van der Waals surface area contributed by atoms with Crippen LogP contribution in [0.1, 0.15) is 20.8 Å². The number of nitrogens with one attached hydrogen (secondary N) is 1. The van der Waals surface area contributed by atoms with Crippen molar-refractivity contribution in [3.63, 3.8) is 0 Å². The van der Waals surface area contributed by atoms with Gasteiger partial charge in [-0.05, 0) is 39.1 Å². The lowest BCUT2D eigenvalue weighted by atomic mass is 10.2. The largest absolute Gasteiger partial charge is 0.493 e. The van der Waals surface area contributed by atoms with Crippen LogP contribution in [0.25, 0.3) is 10.9 Å². The van der Waals surface area contributed by atoms with Gasteiger partial charge in [0, 0.05) is 11.4 Å². The molecule has 0 fully saturated rings. The molecule has 8 heteroatoms. The van der Waals surface area contributed by atoms with Gasteiger partial charge in [-0.1, -0.05) is 18.2 Å². The molecule has 0 saturated heterocycles. The Morgan fingerprint density at radius 2 is 2.12 bits per heavy atom. The summed E-state index contributed by atoms with van der Waals surface area (Å²) in [5.74, 6) is -0.589. The Labute approximate surface area is 145 Å². The lowest BCUT2D eigenvalue weighted by molar-refractivity contribution is -0.143. The number of hydrogen-bond acceptors (Lipinski definition) is 5. The molecular weight excluding hydrogens is 328 g/mol. The van der Waals surface area contributed by atoms with Crippen molar-refractivity contribution >= 4 is 39.9 Å². The molecule has 0 atom stereocenters. The van der Waals surface area contributed by atoms with Gasteiger partial charge in [-0.3, -0.25) is 9.36 Å². The van der Waals surface area contributed by atoms with E-state index in [4.69, 9.17) is 17.0 Å². The van der Waals surface area contributed by atoms with Crippen molar-refractivity contribution in [2.24, 2.45) is 10.2 Å². The molecule has 1 aromatic carbocycles. The number of thiocarbonyl (C=S) groups is 1. The van der Waals surface area contributed by atoms with Gasteiger partial charge in [-0.2, -0.15) is 0 Å². The number of benzene rings is 1. The van der Waals surface area contributed by atoms with E-state index in [0.29, 0.717) is 10.9 Å². The zero-order chi connectivity index (χ0) is 17.7. The van der Waals surface area contributed by atoms with Gasteiger partial charge in [-0.15, -0.1) is 10.2 Å². The normalized spacial score (nSPS) is 11.3. The van der Waals surface area contributed by atoms with Crippen LogP contribution < -0.4 is 5.32 Å². The van der Waals surface area contributed by atoms with Crippen molar-refractivity contribution in [3.05, 3.63) is 24.3 Å². The molecule has 7 nitrogen and oxygen atoms in total. The van der Waals surface area contributed by atoms with Gasteiger partial charge in [0.1, 0.15) is 6.54 Å². The number of fused-ring (bicyclic) bond motifs is 1. The average molecular weight is 348 g/mol. The van der Waals surface area contributed by atoms with Gasteiger partial charge in [0.25, 0.3) is 0 Å². The molecule has 24 heavy (non-hydrogen) atoms. The van der Waals surface area contributed by atoms with Crippen LogP contribution in [0, 0.1) is 0 Å². The van der Waals surface area contributed by atoms with Gasteiger partial charge in [-0.25, -0.2) is 0 Å². The van der Waals surface area contributed by atoms with E-state index >= 15 is 0 Å². The third kappa shape index (κ3) is 4.08. The first-order valence-corrected chi connectivity index (χ1v) is 8.02. The summed E-state index contributed by atoms with van der Waals surface area (Å²) in [5, 5.41) is 22.3. The Balaban J connectivity index is 2.40. The minimum atomic E-state index is -0.436. The highest BCUT2D eigenvalue weighted by molar-refractivity contribution is 7.80. The molecule has 0 unspecified atom stereocenters. The van der Waals surface area contributed by atoms with Gasteiger partial charge < -0.3 is 15.2 Å². The molecule has 2 aromatic rings. The fourth-order valence-electron chi connectivity index (χ4n) is 2.24. The Hall–Kier alpha value is -2.48. The van der Waals surface area contributed by atoms with Crippen LogP contribution in [0.3, 0.4) is 0 Å². The van der Waals surface area contributed by atoms with Crippen LogP contribution in [0.15, 0.2) is 34.5 Å². The minimum absolute atomic E-state index is 0.107. The molecule has 0 aliphatic carbocycles. The van der Waals surface area contributed by atoms with E-state index in [1.165, 1.54) is 4.57 Å². The molecule has 1 heterocycles. The number of ether oxygens (including phenoxy) is 1. The van der Waals surface area contributed by atoms with Crippen molar-refractivity contribution in [2.75, 3.05) is 6.61 Å². The summed E-state index contributed by atoms with van der Waals surface area (Å²) in [6.45, 7) is 5.77. The van der Waals surface area contributed by atoms with E-state index in [0.717, 1.165) is 0 Å². The third-order valence-corrected chi connectivity index (χ3v) is 3.36. The van der Waals surface area contributed by atoms with Crippen LogP contribution >= 0.6 is 12.2 Å². The quantitative estimate of drug-likeness (QED) is 0.492. The lowest BCUT2D eigenvalue weighted by Gasteiger charge is -2.06. The first kappa shape index (κ1) is 17.9. The van der Waals surface area contributed by atoms with Crippen LogP contribution in [-0.4, -0.2) is 33.4 Å². The number of esters is 1. The smallest absolute Gasteiger partial charge is 0.326 e. The van der Waals surface area contributed by atoms with E-state index < -0.39 is 5.97 Å². The second-order valence-corrected chi connectivity index (χ2v) is 5.77. The Morgan fingerprint density at radius 1 is 1.42 bits per heavy atom. The van der Waals surface area contributed by atoms with Crippen LogP contribution in [-0.2, 0) is 16.1 Å². The van der Waals surface area contributed by atoms with Crippen molar-refractivity contribution in [1.82, 2.24) is 9.88 Å². The van der Waals surface area contributed by atoms with E-state index in [2.05, 4.69) is 15.5 Å². The average Bonchev–Trinajstić information content (AvgIpc) is 2.77. The molecular formula is C16H20N4O3S. The number of hydrogen-bond donors (Lipinski definition) is 2. The highest BCUT2D eigenvalue weighted by atomic mass is 32.1. The lowest BCUT2D eigenvalue weighted by Crippen LogP contribution is -2.26.